The monoisotopic (exact) mass is 368 g/mol. The van der Waals surface area contributed by atoms with Gasteiger partial charge in [-0.1, -0.05) is 24.3 Å². The quantitative estimate of drug-likeness (QED) is 0.759. The third-order valence-electron chi connectivity index (χ3n) is 4.76. The highest BCUT2D eigenvalue weighted by Crippen LogP contribution is 2.31. The number of carbonyl (C=O) groups is 2. The van der Waals surface area contributed by atoms with Gasteiger partial charge in [0, 0.05) is 36.4 Å². The molecule has 0 spiro atoms. The lowest BCUT2D eigenvalue weighted by Crippen LogP contribution is -2.32. The molecule has 2 aromatic rings. The van der Waals surface area contributed by atoms with Gasteiger partial charge in [-0.2, -0.15) is 0 Å². The minimum atomic E-state index is -0.444. The summed E-state index contributed by atoms with van der Waals surface area (Å²) in [6.45, 7) is 1.91. The summed E-state index contributed by atoms with van der Waals surface area (Å²) < 4.78 is 13.2. The first-order valence-corrected chi connectivity index (χ1v) is 8.75. The highest BCUT2D eigenvalue weighted by Gasteiger charge is 2.29. The van der Waals surface area contributed by atoms with E-state index in [1.807, 2.05) is 19.1 Å². The van der Waals surface area contributed by atoms with E-state index in [4.69, 9.17) is 5.11 Å². The van der Waals surface area contributed by atoms with Crippen LogP contribution in [0.5, 0.6) is 0 Å². The van der Waals surface area contributed by atoms with Gasteiger partial charge < -0.3 is 15.7 Å². The van der Waals surface area contributed by atoms with Crippen molar-refractivity contribution in [2.45, 2.75) is 25.7 Å². The number of amides is 2. The first-order chi connectivity index (χ1) is 13.0. The Morgan fingerprint density at radius 2 is 2.00 bits per heavy atom. The summed E-state index contributed by atoms with van der Waals surface area (Å²) in [6.07, 6.45) is 2.04. The van der Waals surface area contributed by atoms with Crippen LogP contribution in [-0.4, -0.2) is 23.5 Å². The van der Waals surface area contributed by atoms with Crippen molar-refractivity contribution >= 4 is 17.5 Å². The molecule has 0 unspecified atom stereocenters. The van der Waals surface area contributed by atoms with E-state index in [-0.39, 0.29) is 30.7 Å². The maximum absolute atomic E-state index is 13.2. The maximum Gasteiger partial charge on any atom is 0.253 e. The lowest BCUT2D eigenvalue weighted by Gasteiger charge is -2.24. The van der Waals surface area contributed by atoms with Crippen LogP contribution in [0.4, 0.5) is 10.1 Å². The lowest BCUT2D eigenvalue weighted by molar-refractivity contribution is -0.121. The van der Waals surface area contributed by atoms with Gasteiger partial charge in [0.15, 0.2) is 0 Å². The van der Waals surface area contributed by atoms with Gasteiger partial charge in [0.05, 0.1) is 0 Å². The van der Waals surface area contributed by atoms with Gasteiger partial charge in [-0.15, -0.1) is 0 Å². The molecule has 2 aromatic carbocycles. The third-order valence-corrected chi connectivity index (χ3v) is 4.76. The number of nitrogens with one attached hydrogen (secondary N) is 2. The molecule has 6 heteroatoms. The zero-order valence-electron chi connectivity index (χ0n) is 15.0. The zero-order valence-corrected chi connectivity index (χ0v) is 15.0. The number of aliphatic hydroxyl groups excluding tert-OH is 1. The Bertz CT molecular complexity index is 891. The van der Waals surface area contributed by atoms with E-state index < -0.39 is 5.92 Å². The summed E-state index contributed by atoms with van der Waals surface area (Å²) in [5.41, 5.74) is 3.61. The first kappa shape index (κ1) is 18.8. The van der Waals surface area contributed by atoms with Crippen molar-refractivity contribution in [1.82, 2.24) is 5.32 Å². The predicted octanol–water partition coefficient (Wildman–Crippen LogP) is 2.80. The largest absolute Gasteiger partial charge is 0.396 e. The van der Waals surface area contributed by atoms with Crippen molar-refractivity contribution in [3.63, 3.8) is 0 Å². The summed E-state index contributed by atoms with van der Waals surface area (Å²) in [5.74, 6) is -1.33. The number of anilines is 1. The van der Waals surface area contributed by atoms with Gasteiger partial charge in [0.25, 0.3) is 5.91 Å². The molecule has 0 fully saturated rings. The number of benzene rings is 2. The minimum Gasteiger partial charge on any atom is -0.396 e. The molecule has 0 bridgehead atoms. The van der Waals surface area contributed by atoms with Crippen LogP contribution in [-0.2, 0) is 16.0 Å². The summed E-state index contributed by atoms with van der Waals surface area (Å²) >= 11 is 0. The standard InChI is InChI=1S/C21H21FN2O3/c1-13-14(9-10-25)3-2-4-19(13)24-21(27)18-12-23-20(26)11-17(18)15-5-7-16(22)8-6-15/h2-8,12,17,25H,9-11H2,1H3,(H,23,26)(H,24,27)/t17-/m0/s1. The van der Waals surface area contributed by atoms with Gasteiger partial charge in [0.2, 0.25) is 5.91 Å². The summed E-state index contributed by atoms with van der Waals surface area (Å²) in [6, 6.07) is 11.3. The highest BCUT2D eigenvalue weighted by molar-refractivity contribution is 6.06. The summed E-state index contributed by atoms with van der Waals surface area (Å²) in [4.78, 5) is 24.7. The van der Waals surface area contributed by atoms with E-state index in [1.165, 1.54) is 18.3 Å². The predicted molar refractivity (Wildman–Crippen MR) is 101 cm³/mol. The van der Waals surface area contributed by atoms with Crippen LogP contribution in [0.2, 0.25) is 0 Å². The van der Waals surface area contributed by atoms with Crippen LogP contribution < -0.4 is 10.6 Å². The van der Waals surface area contributed by atoms with Crippen LogP contribution in [0.3, 0.4) is 0 Å². The van der Waals surface area contributed by atoms with Crippen LogP contribution in [0.15, 0.2) is 54.2 Å². The Hall–Kier alpha value is -2.99. The minimum absolute atomic E-state index is 0.0298. The molecule has 1 heterocycles. The fourth-order valence-electron chi connectivity index (χ4n) is 3.23. The molecular weight excluding hydrogens is 347 g/mol. The van der Waals surface area contributed by atoms with Crippen LogP contribution in [0, 0.1) is 12.7 Å². The molecule has 1 atom stereocenters. The van der Waals surface area contributed by atoms with E-state index in [2.05, 4.69) is 10.6 Å². The molecule has 1 aliphatic rings. The summed E-state index contributed by atoms with van der Waals surface area (Å²) in [7, 11) is 0. The Kier molecular flexibility index (Phi) is 5.66. The molecule has 0 aliphatic carbocycles. The van der Waals surface area contributed by atoms with Crippen LogP contribution >= 0.6 is 0 Å². The van der Waals surface area contributed by atoms with Crippen LogP contribution in [0.25, 0.3) is 0 Å². The van der Waals surface area contributed by atoms with E-state index >= 15 is 0 Å². The zero-order chi connectivity index (χ0) is 19.4. The molecule has 0 saturated heterocycles. The second kappa shape index (κ2) is 8.14. The van der Waals surface area contributed by atoms with Crippen molar-refractivity contribution < 1.29 is 19.1 Å². The first-order valence-electron chi connectivity index (χ1n) is 8.75. The Balaban J connectivity index is 1.87. The average molecular weight is 368 g/mol. The molecular formula is C21H21FN2O3. The molecule has 0 aromatic heterocycles. The van der Waals surface area contributed by atoms with Crippen molar-refractivity contribution in [1.29, 1.82) is 0 Å². The Labute approximate surface area is 156 Å². The van der Waals surface area contributed by atoms with Crippen molar-refractivity contribution in [3.8, 4) is 0 Å². The lowest BCUT2D eigenvalue weighted by atomic mass is 9.86. The Morgan fingerprint density at radius 1 is 1.26 bits per heavy atom. The number of hydrogen-bond acceptors (Lipinski definition) is 3. The molecule has 0 radical (unpaired) electrons. The van der Waals surface area contributed by atoms with Crippen LogP contribution in [0.1, 0.15) is 29.0 Å². The fourth-order valence-corrected chi connectivity index (χ4v) is 3.23. The molecule has 5 nitrogen and oxygen atoms in total. The molecule has 3 N–H and O–H groups in total. The van der Waals surface area contributed by atoms with Gasteiger partial charge in [-0.3, -0.25) is 9.59 Å². The number of aliphatic hydroxyl groups is 1. The number of hydrogen-bond donors (Lipinski definition) is 3. The van der Waals surface area contributed by atoms with Crippen molar-refractivity contribution in [3.05, 3.63) is 76.7 Å². The van der Waals surface area contributed by atoms with Crippen molar-refractivity contribution in [2.75, 3.05) is 11.9 Å². The SMILES string of the molecule is Cc1c(CCO)cccc1NC(=O)C1=CNC(=O)C[C@H]1c1ccc(F)cc1. The smallest absolute Gasteiger partial charge is 0.253 e. The van der Waals surface area contributed by atoms with Gasteiger partial charge >= 0.3 is 0 Å². The molecule has 27 heavy (non-hydrogen) atoms. The van der Waals surface area contributed by atoms with Gasteiger partial charge in [0.1, 0.15) is 5.82 Å². The van der Waals surface area contributed by atoms with Crippen molar-refractivity contribution in [2.24, 2.45) is 0 Å². The molecule has 140 valence electrons. The van der Waals surface area contributed by atoms with Gasteiger partial charge in [-0.05, 0) is 48.2 Å². The highest BCUT2D eigenvalue weighted by atomic mass is 19.1. The fraction of sp³-hybridized carbons (Fsp3) is 0.238. The third kappa shape index (κ3) is 4.23. The topological polar surface area (TPSA) is 78.4 Å². The van der Waals surface area contributed by atoms with E-state index in [0.29, 0.717) is 23.2 Å². The molecule has 3 rings (SSSR count). The van der Waals surface area contributed by atoms with E-state index in [1.54, 1.807) is 18.2 Å². The average Bonchev–Trinajstić information content (AvgIpc) is 2.65. The molecule has 0 saturated carbocycles. The number of rotatable bonds is 5. The second-order valence-corrected chi connectivity index (χ2v) is 6.49. The Morgan fingerprint density at radius 3 is 2.70 bits per heavy atom. The maximum atomic E-state index is 13.2. The number of carbonyl (C=O) groups excluding carboxylic acids is 2. The van der Waals surface area contributed by atoms with Gasteiger partial charge in [-0.25, -0.2) is 4.39 Å². The summed E-state index contributed by atoms with van der Waals surface area (Å²) in [5, 5.41) is 14.6. The van der Waals surface area contributed by atoms with E-state index in [0.717, 1.165) is 11.1 Å². The van der Waals surface area contributed by atoms with E-state index in [9.17, 15) is 14.0 Å². The normalized spacial score (nSPS) is 16.5. The molecule has 1 aliphatic heterocycles. The number of halogens is 1. The molecule has 2 amide bonds. The second-order valence-electron chi connectivity index (χ2n) is 6.49.